The van der Waals surface area contributed by atoms with Crippen molar-refractivity contribution in [3.63, 3.8) is 0 Å². The van der Waals surface area contributed by atoms with E-state index >= 15 is 0 Å². The molecule has 0 aliphatic carbocycles. The monoisotopic (exact) mass is 287 g/mol. The van der Waals surface area contributed by atoms with Crippen LogP contribution in [0.4, 0.5) is 4.39 Å². The van der Waals surface area contributed by atoms with Crippen molar-refractivity contribution in [3.8, 4) is 11.5 Å². The first-order valence-electron chi connectivity index (χ1n) is 7.34. The van der Waals surface area contributed by atoms with Crippen LogP contribution in [-0.4, -0.2) is 0 Å². The maximum Gasteiger partial charge on any atom is 0.132 e. The Balaban J connectivity index is 2.39. The van der Waals surface area contributed by atoms with Crippen molar-refractivity contribution < 1.29 is 9.13 Å². The second-order valence-electron chi connectivity index (χ2n) is 5.42. The fourth-order valence-electron chi connectivity index (χ4n) is 2.29. The van der Waals surface area contributed by atoms with Gasteiger partial charge in [-0.05, 0) is 49.1 Å². The van der Waals surface area contributed by atoms with E-state index in [1.807, 2.05) is 25.1 Å². The summed E-state index contributed by atoms with van der Waals surface area (Å²) in [7, 11) is 0. The number of halogens is 1. The lowest BCUT2D eigenvalue weighted by Gasteiger charge is -2.18. The minimum Gasteiger partial charge on any atom is -0.457 e. The summed E-state index contributed by atoms with van der Waals surface area (Å²) in [5.41, 5.74) is 7.74. The van der Waals surface area contributed by atoms with Gasteiger partial charge in [-0.25, -0.2) is 4.39 Å². The Morgan fingerprint density at radius 3 is 2.38 bits per heavy atom. The summed E-state index contributed by atoms with van der Waals surface area (Å²) in [6, 6.07) is 12.1. The Kier molecular flexibility index (Phi) is 4.97. The van der Waals surface area contributed by atoms with Crippen LogP contribution in [0.3, 0.4) is 0 Å². The van der Waals surface area contributed by atoms with Gasteiger partial charge in [0.1, 0.15) is 17.3 Å². The van der Waals surface area contributed by atoms with Gasteiger partial charge in [-0.1, -0.05) is 32.0 Å². The van der Waals surface area contributed by atoms with Crippen LogP contribution in [0.5, 0.6) is 11.5 Å². The fraction of sp³-hybridized carbons (Fsp3) is 0.333. The van der Waals surface area contributed by atoms with Crippen LogP contribution in [-0.2, 0) is 0 Å². The van der Waals surface area contributed by atoms with Gasteiger partial charge >= 0.3 is 0 Å². The quantitative estimate of drug-likeness (QED) is 0.825. The lowest BCUT2D eigenvalue weighted by molar-refractivity contribution is 0.458. The minimum absolute atomic E-state index is 0.286. The average molecular weight is 287 g/mol. The largest absolute Gasteiger partial charge is 0.457 e. The summed E-state index contributed by atoms with van der Waals surface area (Å²) in [5, 5.41) is 0. The number of rotatable bonds is 5. The van der Waals surface area contributed by atoms with Crippen molar-refractivity contribution in [2.24, 2.45) is 5.73 Å². The molecule has 0 aromatic heterocycles. The summed E-state index contributed by atoms with van der Waals surface area (Å²) < 4.78 is 19.4. The van der Waals surface area contributed by atoms with Crippen LogP contribution in [0.1, 0.15) is 50.3 Å². The molecule has 2 aromatic rings. The summed E-state index contributed by atoms with van der Waals surface area (Å²) in [5.74, 6) is 1.52. The second-order valence-corrected chi connectivity index (χ2v) is 5.42. The number of para-hydroxylation sites is 1. The van der Waals surface area contributed by atoms with E-state index in [1.165, 1.54) is 12.1 Å². The molecule has 0 bridgehead atoms. The van der Waals surface area contributed by atoms with E-state index in [9.17, 15) is 4.39 Å². The van der Waals surface area contributed by atoms with E-state index in [4.69, 9.17) is 10.5 Å². The van der Waals surface area contributed by atoms with Gasteiger partial charge in [-0.2, -0.15) is 0 Å². The molecule has 2 aromatic carbocycles. The molecular formula is C18H22FNO. The number of nitrogens with two attached hydrogens (primary N) is 1. The highest BCUT2D eigenvalue weighted by molar-refractivity contribution is 5.43. The van der Waals surface area contributed by atoms with Crippen molar-refractivity contribution >= 4 is 0 Å². The maximum absolute atomic E-state index is 13.4. The summed E-state index contributed by atoms with van der Waals surface area (Å²) in [4.78, 5) is 0. The Morgan fingerprint density at radius 1 is 1.05 bits per heavy atom. The van der Waals surface area contributed by atoms with Crippen molar-refractivity contribution in [3.05, 3.63) is 59.4 Å². The summed E-state index contributed by atoms with van der Waals surface area (Å²) in [6.45, 7) is 6.13. The normalized spacial score (nSPS) is 13.8. The molecule has 2 N–H and O–H groups in total. The molecule has 3 heteroatoms. The standard InChI is InChI=1S/C18H22FNO/c1-4-12(2)15-7-5-6-8-17(15)21-18-10-9-14(19)11-16(18)13(3)20/h5-13H,4,20H2,1-3H3. The first kappa shape index (κ1) is 15.5. The molecule has 112 valence electrons. The Morgan fingerprint density at radius 2 is 1.71 bits per heavy atom. The number of hydrogen-bond donors (Lipinski definition) is 1. The van der Waals surface area contributed by atoms with E-state index in [-0.39, 0.29) is 11.9 Å². The molecular weight excluding hydrogens is 265 g/mol. The van der Waals surface area contributed by atoms with Crippen LogP contribution in [0.25, 0.3) is 0 Å². The van der Waals surface area contributed by atoms with Crippen LogP contribution in [0.2, 0.25) is 0 Å². The maximum atomic E-state index is 13.4. The average Bonchev–Trinajstić information content (AvgIpc) is 2.48. The van der Waals surface area contributed by atoms with Crippen molar-refractivity contribution in [1.29, 1.82) is 0 Å². The molecule has 0 saturated heterocycles. The predicted molar refractivity (Wildman–Crippen MR) is 84.2 cm³/mol. The molecule has 2 atom stereocenters. The van der Waals surface area contributed by atoms with E-state index < -0.39 is 0 Å². The zero-order valence-corrected chi connectivity index (χ0v) is 12.8. The lowest BCUT2D eigenvalue weighted by atomic mass is 9.98. The minimum atomic E-state index is -0.301. The highest BCUT2D eigenvalue weighted by atomic mass is 19.1. The van der Waals surface area contributed by atoms with E-state index in [0.717, 1.165) is 17.7 Å². The van der Waals surface area contributed by atoms with Crippen LogP contribution < -0.4 is 10.5 Å². The lowest BCUT2D eigenvalue weighted by Crippen LogP contribution is -2.07. The Labute approximate surface area is 125 Å². The smallest absolute Gasteiger partial charge is 0.132 e. The Bertz CT molecular complexity index is 610. The van der Waals surface area contributed by atoms with Gasteiger partial charge in [0.25, 0.3) is 0 Å². The zero-order valence-electron chi connectivity index (χ0n) is 12.8. The van der Waals surface area contributed by atoms with Crippen LogP contribution in [0, 0.1) is 5.82 Å². The van der Waals surface area contributed by atoms with Gasteiger partial charge in [-0.3, -0.25) is 0 Å². The van der Waals surface area contributed by atoms with Crippen LogP contribution in [0.15, 0.2) is 42.5 Å². The summed E-state index contributed by atoms with van der Waals surface area (Å²) >= 11 is 0. The van der Waals surface area contributed by atoms with Gasteiger partial charge < -0.3 is 10.5 Å². The molecule has 2 unspecified atom stereocenters. The molecule has 0 spiro atoms. The van der Waals surface area contributed by atoms with E-state index in [2.05, 4.69) is 19.9 Å². The number of benzene rings is 2. The van der Waals surface area contributed by atoms with Gasteiger partial charge in [-0.15, -0.1) is 0 Å². The van der Waals surface area contributed by atoms with Crippen LogP contribution >= 0.6 is 0 Å². The zero-order chi connectivity index (χ0) is 15.4. The van der Waals surface area contributed by atoms with Crippen molar-refractivity contribution in [1.82, 2.24) is 0 Å². The predicted octanol–water partition coefficient (Wildman–Crippen LogP) is 5.15. The molecule has 21 heavy (non-hydrogen) atoms. The molecule has 0 radical (unpaired) electrons. The van der Waals surface area contributed by atoms with Gasteiger partial charge in [0.15, 0.2) is 0 Å². The highest BCUT2D eigenvalue weighted by Crippen LogP contribution is 2.34. The highest BCUT2D eigenvalue weighted by Gasteiger charge is 2.14. The number of hydrogen-bond acceptors (Lipinski definition) is 2. The summed E-state index contributed by atoms with van der Waals surface area (Å²) in [6.07, 6.45) is 1.03. The molecule has 0 aliphatic rings. The first-order valence-corrected chi connectivity index (χ1v) is 7.34. The topological polar surface area (TPSA) is 35.2 Å². The second kappa shape index (κ2) is 6.72. The molecule has 0 amide bonds. The molecule has 0 fully saturated rings. The third kappa shape index (κ3) is 3.61. The molecule has 2 rings (SSSR count). The molecule has 0 aliphatic heterocycles. The first-order chi connectivity index (χ1) is 10.0. The Hall–Kier alpha value is -1.87. The van der Waals surface area contributed by atoms with Gasteiger partial charge in [0, 0.05) is 11.6 Å². The fourth-order valence-corrected chi connectivity index (χ4v) is 2.29. The molecule has 0 saturated carbocycles. The number of ether oxygens (including phenoxy) is 1. The van der Waals surface area contributed by atoms with E-state index in [0.29, 0.717) is 17.2 Å². The van der Waals surface area contributed by atoms with Gasteiger partial charge in [0.2, 0.25) is 0 Å². The van der Waals surface area contributed by atoms with Crippen molar-refractivity contribution in [2.75, 3.05) is 0 Å². The van der Waals surface area contributed by atoms with Crippen molar-refractivity contribution in [2.45, 2.75) is 39.2 Å². The third-order valence-corrected chi connectivity index (χ3v) is 3.74. The van der Waals surface area contributed by atoms with Gasteiger partial charge in [0.05, 0.1) is 0 Å². The molecule has 0 heterocycles. The molecule has 2 nitrogen and oxygen atoms in total. The SMILES string of the molecule is CCC(C)c1ccccc1Oc1ccc(F)cc1C(C)N. The third-order valence-electron chi connectivity index (χ3n) is 3.74. The van der Waals surface area contributed by atoms with E-state index in [1.54, 1.807) is 6.07 Å².